The number of anilines is 1. The fourth-order valence-electron chi connectivity index (χ4n) is 2.64. The molecule has 1 aliphatic rings. The molecule has 6 nitrogen and oxygen atoms in total. The second kappa shape index (κ2) is 5.88. The number of carbonyl (C=O) groups is 1. The molecule has 1 atom stereocenters. The summed E-state index contributed by atoms with van der Waals surface area (Å²) < 4.78 is 0. The minimum absolute atomic E-state index is 0.187. The quantitative estimate of drug-likeness (QED) is 0.593. The number of aromatic nitrogens is 2. The zero-order valence-corrected chi connectivity index (χ0v) is 11.4. The lowest BCUT2D eigenvalue weighted by molar-refractivity contribution is 0.0705. The van der Waals surface area contributed by atoms with Crippen LogP contribution < -0.4 is 10.8 Å². The summed E-state index contributed by atoms with van der Waals surface area (Å²) in [6.07, 6.45) is 6.02. The Morgan fingerprint density at radius 2 is 2.00 bits per heavy atom. The van der Waals surface area contributed by atoms with E-state index in [2.05, 4.69) is 33.5 Å². The van der Waals surface area contributed by atoms with Gasteiger partial charge in [-0.15, -0.1) is 0 Å². The van der Waals surface area contributed by atoms with Crippen molar-refractivity contribution in [2.45, 2.75) is 25.3 Å². The van der Waals surface area contributed by atoms with Gasteiger partial charge in [0.25, 0.3) is 5.91 Å². The third-order valence-corrected chi connectivity index (χ3v) is 3.69. The van der Waals surface area contributed by atoms with Crippen molar-refractivity contribution in [2.75, 3.05) is 5.32 Å². The van der Waals surface area contributed by atoms with Crippen LogP contribution in [0.3, 0.4) is 0 Å². The standard InChI is InChI=1S/C15H16N4O2/c20-14(19-21)11-8-16-15(17-9-11)18-13-7-3-5-10-4-1-2-6-12(10)13/h1-2,4,6,8-9,13,21H,3,5,7H2,(H,19,20)(H,16,17,18). The van der Waals surface area contributed by atoms with Crippen LogP contribution in [-0.4, -0.2) is 21.1 Å². The van der Waals surface area contributed by atoms with Crippen LogP contribution in [0, 0.1) is 0 Å². The highest BCUT2D eigenvalue weighted by atomic mass is 16.5. The van der Waals surface area contributed by atoms with Crippen LogP contribution in [0.1, 0.15) is 40.4 Å². The van der Waals surface area contributed by atoms with Crippen molar-refractivity contribution >= 4 is 11.9 Å². The van der Waals surface area contributed by atoms with Gasteiger partial charge in [-0.2, -0.15) is 0 Å². The van der Waals surface area contributed by atoms with Gasteiger partial charge in [0.1, 0.15) is 0 Å². The van der Waals surface area contributed by atoms with Crippen molar-refractivity contribution in [3.05, 3.63) is 53.3 Å². The fourth-order valence-corrected chi connectivity index (χ4v) is 2.64. The molecule has 0 saturated carbocycles. The number of carbonyl (C=O) groups excluding carboxylic acids is 1. The summed E-state index contributed by atoms with van der Waals surface area (Å²) in [5.74, 6) is -0.143. The maximum atomic E-state index is 11.2. The van der Waals surface area contributed by atoms with E-state index in [4.69, 9.17) is 5.21 Å². The van der Waals surface area contributed by atoms with Gasteiger partial charge in [0.2, 0.25) is 5.95 Å². The molecule has 1 amide bonds. The van der Waals surface area contributed by atoms with Gasteiger partial charge in [0, 0.05) is 12.4 Å². The zero-order valence-electron chi connectivity index (χ0n) is 11.4. The number of nitrogens with one attached hydrogen (secondary N) is 2. The maximum Gasteiger partial charge on any atom is 0.277 e. The Balaban J connectivity index is 1.77. The Hall–Kier alpha value is -2.47. The van der Waals surface area contributed by atoms with Crippen molar-refractivity contribution in [1.82, 2.24) is 15.4 Å². The highest BCUT2D eigenvalue weighted by Crippen LogP contribution is 2.31. The van der Waals surface area contributed by atoms with Gasteiger partial charge >= 0.3 is 0 Å². The molecule has 3 rings (SSSR count). The topological polar surface area (TPSA) is 87.1 Å². The highest BCUT2D eigenvalue weighted by molar-refractivity contribution is 5.92. The smallest absolute Gasteiger partial charge is 0.277 e. The van der Waals surface area contributed by atoms with Gasteiger partial charge in [-0.1, -0.05) is 24.3 Å². The van der Waals surface area contributed by atoms with Crippen LogP contribution in [0.15, 0.2) is 36.7 Å². The van der Waals surface area contributed by atoms with Crippen molar-refractivity contribution in [3.63, 3.8) is 0 Å². The largest absolute Gasteiger partial charge is 0.347 e. The summed E-state index contributed by atoms with van der Waals surface area (Å²) in [5, 5.41) is 11.9. The fraction of sp³-hybridized carbons (Fsp3) is 0.267. The van der Waals surface area contributed by atoms with Crippen molar-refractivity contribution < 1.29 is 10.0 Å². The Labute approximate surface area is 122 Å². The lowest BCUT2D eigenvalue weighted by Crippen LogP contribution is -2.21. The second-order valence-corrected chi connectivity index (χ2v) is 5.02. The van der Waals surface area contributed by atoms with E-state index in [9.17, 15) is 4.79 Å². The van der Waals surface area contributed by atoms with E-state index in [0.717, 1.165) is 19.3 Å². The average Bonchev–Trinajstić information content (AvgIpc) is 2.55. The Bertz CT molecular complexity index is 642. The number of aryl methyl sites for hydroxylation is 1. The number of fused-ring (bicyclic) bond motifs is 1. The van der Waals surface area contributed by atoms with Gasteiger partial charge in [0.15, 0.2) is 0 Å². The molecule has 0 aliphatic heterocycles. The third kappa shape index (κ3) is 2.85. The summed E-state index contributed by atoms with van der Waals surface area (Å²) in [4.78, 5) is 19.5. The van der Waals surface area contributed by atoms with Gasteiger partial charge in [-0.25, -0.2) is 15.4 Å². The monoisotopic (exact) mass is 284 g/mol. The van der Waals surface area contributed by atoms with Crippen LogP contribution in [0.4, 0.5) is 5.95 Å². The van der Waals surface area contributed by atoms with Crippen LogP contribution in [0.25, 0.3) is 0 Å². The van der Waals surface area contributed by atoms with Crippen LogP contribution in [-0.2, 0) is 6.42 Å². The Morgan fingerprint density at radius 3 is 2.76 bits per heavy atom. The number of hydrogen-bond donors (Lipinski definition) is 3. The molecule has 6 heteroatoms. The first-order chi connectivity index (χ1) is 10.3. The van der Waals surface area contributed by atoms with Crippen molar-refractivity contribution in [1.29, 1.82) is 0 Å². The SMILES string of the molecule is O=C(NO)c1cnc(NC2CCCc3ccccc32)nc1. The molecule has 0 spiro atoms. The first-order valence-corrected chi connectivity index (χ1v) is 6.89. The van der Waals surface area contributed by atoms with E-state index < -0.39 is 5.91 Å². The Morgan fingerprint density at radius 1 is 1.24 bits per heavy atom. The van der Waals surface area contributed by atoms with E-state index in [1.807, 2.05) is 6.07 Å². The third-order valence-electron chi connectivity index (χ3n) is 3.69. The minimum atomic E-state index is -0.621. The highest BCUT2D eigenvalue weighted by Gasteiger charge is 2.20. The molecule has 1 heterocycles. The number of nitrogens with zero attached hydrogens (tertiary/aromatic N) is 2. The van der Waals surface area contributed by atoms with Gasteiger partial charge in [-0.3, -0.25) is 10.0 Å². The predicted octanol–water partition coefficient (Wildman–Crippen LogP) is 2.09. The first kappa shape index (κ1) is 13.5. The van der Waals surface area contributed by atoms with Crippen LogP contribution in [0.2, 0.25) is 0 Å². The molecule has 0 saturated heterocycles. The molecular formula is C15H16N4O2. The van der Waals surface area contributed by atoms with Crippen LogP contribution >= 0.6 is 0 Å². The van der Waals surface area contributed by atoms with Gasteiger partial charge in [-0.05, 0) is 30.4 Å². The predicted molar refractivity (Wildman–Crippen MR) is 77.0 cm³/mol. The lowest BCUT2D eigenvalue weighted by atomic mass is 9.88. The number of hydrogen-bond acceptors (Lipinski definition) is 5. The van der Waals surface area contributed by atoms with E-state index in [0.29, 0.717) is 5.95 Å². The molecular weight excluding hydrogens is 268 g/mol. The van der Waals surface area contributed by atoms with E-state index in [1.165, 1.54) is 23.5 Å². The molecule has 1 unspecified atom stereocenters. The van der Waals surface area contributed by atoms with Gasteiger partial charge in [0.05, 0.1) is 11.6 Å². The normalized spacial score (nSPS) is 16.9. The number of benzene rings is 1. The minimum Gasteiger partial charge on any atom is -0.347 e. The van der Waals surface area contributed by atoms with E-state index in [-0.39, 0.29) is 11.6 Å². The summed E-state index contributed by atoms with van der Waals surface area (Å²) >= 11 is 0. The molecule has 1 aromatic carbocycles. The molecule has 1 aliphatic carbocycles. The summed E-state index contributed by atoms with van der Waals surface area (Å²) in [7, 11) is 0. The molecule has 0 bridgehead atoms. The number of amides is 1. The average molecular weight is 284 g/mol. The molecule has 1 aromatic heterocycles. The number of hydroxylamine groups is 1. The lowest BCUT2D eigenvalue weighted by Gasteiger charge is -2.26. The molecule has 3 N–H and O–H groups in total. The summed E-state index contributed by atoms with van der Waals surface area (Å²) in [6.45, 7) is 0. The zero-order chi connectivity index (χ0) is 14.7. The molecule has 0 radical (unpaired) electrons. The molecule has 0 fully saturated rings. The number of rotatable bonds is 3. The summed E-state index contributed by atoms with van der Waals surface area (Å²) in [5.41, 5.74) is 4.41. The maximum absolute atomic E-state index is 11.2. The molecule has 108 valence electrons. The van der Waals surface area contributed by atoms with Gasteiger partial charge < -0.3 is 5.32 Å². The van der Waals surface area contributed by atoms with E-state index >= 15 is 0 Å². The first-order valence-electron chi connectivity index (χ1n) is 6.89. The van der Waals surface area contributed by atoms with Crippen LogP contribution in [0.5, 0.6) is 0 Å². The molecule has 2 aromatic rings. The Kier molecular flexibility index (Phi) is 3.79. The summed E-state index contributed by atoms with van der Waals surface area (Å²) in [6, 6.07) is 8.56. The molecule has 21 heavy (non-hydrogen) atoms. The van der Waals surface area contributed by atoms with Crippen molar-refractivity contribution in [2.24, 2.45) is 0 Å². The van der Waals surface area contributed by atoms with Crippen molar-refractivity contribution in [3.8, 4) is 0 Å². The van der Waals surface area contributed by atoms with E-state index in [1.54, 1.807) is 5.48 Å². The second-order valence-electron chi connectivity index (χ2n) is 5.02.